The van der Waals surface area contributed by atoms with Crippen LogP contribution in [-0.2, 0) is 11.4 Å². The SMILES string of the molecule is Cc1c(Cl)cccc1N=C1NC(=O)/C(=C\c2ccc(OCc3ccccc3)cc2)S1. The summed E-state index contributed by atoms with van der Waals surface area (Å²) in [6, 6.07) is 23.2. The van der Waals surface area contributed by atoms with Gasteiger partial charge in [0.15, 0.2) is 5.17 Å². The van der Waals surface area contributed by atoms with Gasteiger partial charge in [-0.2, -0.15) is 0 Å². The largest absolute Gasteiger partial charge is 0.489 e. The molecule has 0 bridgehead atoms. The molecule has 6 heteroatoms. The topological polar surface area (TPSA) is 50.7 Å². The number of nitrogens with one attached hydrogen (secondary N) is 1. The summed E-state index contributed by atoms with van der Waals surface area (Å²) in [6.07, 6.45) is 1.84. The molecule has 0 atom stereocenters. The van der Waals surface area contributed by atoms with Crippen LogP contribution in [0.25, 0.3) is 6.08 Å². The van der Waals surface area contributed by atoms with Crippen molar-refractivity contribution in [1.29, 1.82) is 0 Å². The van der Waals surface area contributed by atoms with Crippen molar-refractivity contribution in [2.75, 3.05) is 0 Å². The van der Waals surface area contributed by atoms with Crippen molar-refractivity contribution >= 4 is 46.2 Å². The second-order valence-electron chi connectivity index (χ2n) is 6.71. The third kappa shape index (κ3) is 4.93. The fourth-order valence-corrected chi connectivity index (χ4v) is 3.86. The monoisotopic (exact) mass is 434 g/mol. The highest BCUT2D eigenvalue weighted by molar-refractivity contribution is 8.18. The van der Waals surface area contributed by atoms with Crippen LogP contribution in [0.15, 0.2) is 82.7 Å². The molecule has 3 aromatic rings. The van der Waals surface area contributed by atoms with Gasteiger partial charge >= 0.3 is 0 Å². The second kappa shape index (κ2) is 9.20. The highest BCUT2D eigenvalue weighted by Gasteiger charge is 2.24. The summed E-state index contributed by atoms with van der Waals surface area (Å²) in [5, 5.41) is 4.00. The molecule has 1 amide bonds. The van der Waals surface area contributed by atoms with E-state index >= 15 is 0 Å². The number of amides is 1. The molecule has 1 fully saturated rings. The minimum Gasteiger partial charge on any atom is -0.489 e. The Hall–Kier alpha value is -3.02. The molecule has 1 heterocycles. The van der Waals surface area contributed by atoms with Gasteiger partial charge in [0.1, 0.15) is 12.4 Å². The lowest BCUT2D eigenvalue weighted by molar-refractivity contribution is -0.115. The molecular formula is C24H19ClN2O2S. The Morgan fingerprint density at radius 2 is 1.80 bits per heavy atom. The number of halogens is 1. The van der Waals surface area contributed by atoms with Crippen LogP contribution in [0.4, 0.5) is 5.69 Å². The van der Waals surface area contributed by atoms with E-state index in [1.54, 1.807) is 0 Å². The van der Waals surface area contributed by atoms with Crippen LogP contribution in [-0.4, -0.2) is 11.1 Å². The summed E-state index contributed by atoms with van der Waals surface area (Å²) in [7, 11) is 0. The molecule has 0 radical (unpaired) electrons. The second-order valence-corrected chi connectivity index (χ2v) is 8.15. The Kier molecular flexibility index (Phi) is 6.21. The number of hydrogen-bond acceptors (Lipinski definition) is 4. The van der Waals surface area contributed by atoms with Crippen LogP contribution in [0.5, 0.6) is 5.75 Å². The lowest BCUT2D eigenvalue weighted by atomic mass is 10.2. The van der Waals surface area contributed by atoms with Gasteiger partial charge in [0.2, 0.25) is 0 Å². The Bertz CT molecular complexity index is 1130. The van der Waals surface area contributed by atoms with Gasteiger partial charge in [0.05, 0.1) is 10.6 Å². The molecule has 3 aromatic carbocycles. The van der Waals surface area contributed by atoms with Crippen molar-refractivity contribution in [1.82, 2.24) is 5.32 Å². The van der Waals surface area contributed by atoms with E-state index in [9.17, 15) is 4.79 Å². The molecule has 4 nitrogen and oxygen atoms in total. The number of benzene rings is 3. The Labute approximate surface area is 184 Å². The highest BCUT2D eigenvalue weighted by Crippen LogP contribution is 2.31. The first-order chi connectivity index (χ1) is 14.6. The van der Waals surface area contributed by atoms with Crippen molar-refractivity contribution in [2.45, 2.75) is 13.5 Å². The van der Waals surface area contributed by atoms with Gasteiger partial charge in [-0.1, -0.05) is 60.1 Å². The van der Waals surface area contributed by atoms with Crippen molar-refractivity contribution < 1.29 is 9.53 Å². The molecule has 0 spiro atoms. The van der Waals surface area contributed by atoms with Crippen LogP contribution in [0.1, 0.15) is 16.7 Å². The molecule has 1 aliphatic rings. The molecule has 0 saturated carbocycles. The van der Waals surface area contributed by atoms with E-state index in [0.29, 0.717) is 21.7 Å². The molecule has 1 aliphatic heterocycles. The van der Waals surface area contributed by atoms with Gasteiger partial charge in [-0.05, 0) is 65.7 Å². The zero-order valence-electron chi connectivity index (χ0n) is 16.3. The summed E-state index contributed by atoms with van der Waals surface area (Å²) >= 11 is 7.46. The molecule has 0 aromatic heterocycles. The van der Waals surface area contributed by atoms with E-state index < -0.39 is 0 Å². The van der Waals surface area contributed by atoms with Gasteiger partial charge in [-0.3, -0.25) is 4.79 Å². The summed E-state index contributed by atoms with van der Waals surface area (Å²) in [4.78, 5) is 17.4. The first-order valence-electron chi connectivity index (χ1n) is 9.40. The first-order valence-corrected chi connectivity index (χ1v) is 10.6. The van der Waals surface area contributed by atoms with Crippen molar-refractivity contribution in [3.8, 4) is 5.75 Å². The van der Waals surface area contributed by atoms with Crippen molar-refractivity contribution in [3.63, 3.8) is 0 Å². The molecular weight excluding hydrogens is 416 g/mol. The number of amidine groups is 1. The summed E-state index contributed by atoms with van der Waals surface area (Å²) in [5.74, 6) is 0.617. The van der Waals surface area contributed by atoms with Crippen LogP contribution >= 0.6 is 23.4 Å². The van der Waals surface area contributed by atoms with Crippen LogP contribution in [0, 0.1) is 6.92 Å². The van der Waals surface area contributed by atoms with Gasteiger partial charge in [0, 0.05) is 5.02 Å². The first kappa shape index (κ1) is 20.3. The molecule has 150 valence electrons. The lowest BCUT2D eigenvalue weighted by Crippen LogP contribution is -2.19. The van der Waals surface area contributed by atoms with E-state index in [0.717, 1.165) is 28.1 Å². The molecule has 4 rings (SSSR count). The van der Waals surface area contributed by atoms with Crippen LogP contribution in [0.2, 0.25) is 5.02 Å². The molecule has 1 N–H and O–H groups in total. The third-order valence-corrected chi connectivity index (χ3v) is 5.86. The summed E-state index contributed by atoms with van der Waals surface area (Å²) < 4.78 is 5.81. The maximum absolute atomic E-state index is 12.3. The molecule has 1 saturated heterocycles. The quantitative estimate of drug-likeness (QED) is 0.492. The number of carbonyl (C=O) groups excluding carboxylic acids is 1. The van der Waals surface area contributed by atoms with Crippen LogP contribution in [0.3, 0.4) is 0 Å². The zero-order valence-corrected chi connectivity index (χ0v) is 17.8. The highest BCUT2D eigenvalue weighted by atomic mass is 35.5. The number of rotatable bonds is 5. The van der Waals surface area contributed by atoms with Gasteiger partial charge in [-0.25, -0.2) is 4.99 Å². The van der Waals surface area contributed by atoms with Crippen molar-refractivity contribution in [2.24, 2.45) is 4.99 Å². The standard InChI is InChI=1S/C24H19ClN2O2S/c1-16-20(25)8-5-9-21(16)26-24-27-23(28)22(30-24)14-17-10-12-19(13-11-17)29-15-18-6-3-2-4-7-18/h2-14H,15H2,1H3,(H,26,27,28)/b22-14+. The fraction of sp³-hybridized carbons (Fsp3) is 0.0833. The number of hydrogen-bond donors (Lipinski definition) is 1. The van der Waals surface area contributed by atoms with E-state index in [1.165, 1.54) is 11.8 Å². The Morgan fingerprint density at radius 1 is 1.03 bits per heavy atom. The Balaban J connectivity index is 1.43. The zero-order chi connectivity index (χ0) is 20.9. The minimum atomic E-state index is -0.164. The number of carbonyl (C=O) groups is 1. The summed E-state index contributed by atoms with van der Waals surface area (Å²) in [5.41, 5.74) is 3.65. The maximum atomic E-state index is 12.3. The predicted molar refractivity (Wildman–Crippen MR) is 124 cm³/mol. The van der Waals surface area contributed by atoms with Crippen LogP contribution < -0.4 is 10.1 Å². The third-order valence-electron chi connectivity index (χ3n) is 4.54. The van der Waals surface area contributed by atoms with E-state index in [1.807, 2.05) is 85.8 Å². The van der Waals surface area contributed by atoms with Gasteiger partial charge in [-0.15, -0.1) is 0 Å². The lowest BCUT2D eigenvalue weighted by Gasteiger charge is -2.06. The number of thioether (sulfide) groups is 1. The van der Waals surface area contributed by atoms with E-state index in [2.05, 4.69) is 10.3 Å². The Morgan fingerprint density at radius 3 is 2.57 bits per heavy atom. The summed E-state index contributed by atoms with van der Waals surface area (Å²) in [6.45, 7) is 2.42. The number of nitrogens with zero attached hydrogens (tertiary/aromatic N) is 1. The normalized spacial score (nSPS) is 16.1. The number of aliphatic imine (C=N–C) groups is 1. The molecule has 30 heavy (non-hydrogen) atoms. The smallest absolute Gasteiger partial charge is 0.264 e. The number of ether oxygens (including phenoxy) is 1. The average molecular weight is 435 g/mol. The average Bonchev–Trinajstić information content (AvgIpc) is 3.10. The molecule has 0 unspecified atom stereocenters. The van der Waals surface area contributed by atoms with E-state index in [-0.39, 0.29) is 5.91 Å². The van der Waals surface area contributed by atoms with E-state index in [4.69, 9.17) is 16.3 Å². The molecule has 0 aliphatic carbocycles. The maximum Gasteiger partial charge on any atom is 0.264 e. The fourth-order valence-electron chi connectivity index (χ4n) is 2.86. The predicted octanol–water partition coefficient (Wildman–Crippen LogP) is 6.12. The minimum absolute atomic E-state index is 0.164. The van der Waals surface area contributed by atoms with Gasteiger partial charge in [0.25, 0.3) is 5.91 Å². The van der Waals surface area contributed by atoms with Gasteiger partial charge < -0.3 is 10.1 Å². The van der Waals surface area contributed by atoms with Crippen molar-refractivity contribution in [3.05, 3.63) is 99.4 Å².